The highest BCUT2D eigenvalue weighted by molar-refractivity contribution is 6.04. The molecule has 7 heteroatoms. The highest BCUT2D eigenvalue weighted by Crippen LogP contribution is 2.33. The Hall–Kier alpha value is -3.84. The fraction of sp³-hybridized carbons (Fsp3) is 0.459. The van der Waals surface area contributed by atoms with Crippen LogP contribution in [0.25, 0.3) is 0 Å². The fourth-order valence-electron chi connectivity index (χ4n) is 6.48. The Kier molecular flexibility index (Phi) is 10.6. The molecule has 0 bridgehead atoms. The molecule has 0 unspecified atom stereocenters. The molecule has 3 amide bonds. The Morgan fingerprint density at radius 1 is 0.864 bits per heavy atom. The maximum Gasteiger partial charge on any atom is 0.323 e. The molecular formula is C37H48N4O3. The van der Waals surface area contributed by atoms with Gasteiger partial charge in [-0.15, -0.1) is 0 Å². The number of hydrogen-bond donors (Lipinski definition) is 3. The lowest BCUT2D eigenvalue weighted by Gasteiger charge is -2.35. The van der Waals surface area contributed by atoms with E-state index >= 15 is 0 Å². The minimum atomic E-state index is -0.319. The number of urea groups is 1. The van der Waals surface area contributed by atoms with E-state index in [1.165, 1.54) is 5.56 Å². The summed E-state index contributed by atoms with van der Waals surface area (Å²) in [5.74, 6) is 1.01. The standard InChI is InChI=1S/C37H48N4O3/c1-25(2)31-13-8-14-32(26(3)4)35(31)40-37(43)39-29-15-16-34(33(23-29)36(42)38-24-30-12-9-21-44-30)41-19-17-28(18-20-41)22-27-10-6-5-7-11-27/h5-8,10-11,13-16,23,25-26,28,30H,9,12,17-22,24H2,1-4H3,(H,38,42)(H2,39,40,43)/t30-/m0/s1. The molecule has 2 heterocycles. The normalized spacial score (nSPS) is 17.2. The molecule has 44 heavy (non-hydrogen) atoms. The smallest absolute Gasteiger partial charge is 0.323 e. The summed E-state index contributed by atoms with van der Waals surface area (Å²) in [4.78, 5) is 29.3. The second-order valence-electron chi connectivity index (χ2n) is 12.9. The molecular weight excluding hydrogens is 548 g/mol. The molecule has 0 aromatic heterocycles. The Bertz CT molecular complexity index is 1380. The number of anilines is 3. The summed E-state index contributed by atoms with van der Waals surface area (Å²) >= 11 is 0. The third-order valence-electron chi connectivity index (χ3n) is 8.95. The van der Waals surface area contributed by atoms with Gasteiger partial charge in [0.25, 0.3) is 5.91 Å². The highest BCUT2D eigenvalue weighted by atomic mass is 16.5. The van der Waals surface area contributed by atoms with E-state index in [1.54, 1.807) is 0 Å². The van der Waals surface area contributed by atoms with Crippen LogP contribution in [-0.2, 0) is 11.2 Å². The van der Waals surface area contributed by atoms with Crippen molar-refractivity contribution in [2.75, 3.05) is 41.8 Å². The van der Waals surface area contributed by atoms with Crippen molar-refractivity contribution < 1.29 is 14.3 Å². The van der Waals surface area contributed by atoms with Crippen molar-refractivity contribution in [1.29, 1.82) is 0 Å². The molecule has 3 aromatic carbocycles. The zero-order chi connectivity index (χ0) is 31.1. The summed E-state index contributed by atoms with van der Waals surface area (Å²) in [6, 6.07) is 22.3. The van der Waals surface area contributed by atoms with Crippen LogP contribution in [0.2, 0.25) is 0 Å². The van der Waals surface area contributed by atoms with E-state index in [0.29, 0.717) is 23.7 Å². The number of piperidine rings is 1. The Labute approximate surface area is 262 Å². The third kappa shape index (κ3) is 8.00. The molecule has 1 atom stereocenters. The molecule has 0 aliphatic carbocycles. The average molecular weight is 597 g/mol. The summed E-state index contributed by atoms with van der Waals surface area (Å²) in [5.41, 5.74) is 6.52. The van der Waals surface area contributed by atoms with E-state index in [-0.39, 0.29) is 29.9 Å². The molecule has 234 valence electrons. The first kappa shape index (κ1) is 31.6. The monoisotopic (exact) mass is 596 g/mol. The summed E-state index contributed by atoms with van der Waals surface area (Å²) in [7, 11) is 0. The van der Waals surface area contributed by atoms with Gasteiger partial charge in [0, 0.05) is 43.3 Å². The maximum absolute atomic E-state index is 13.6. The number of hydrogen-bond acceptors (Lipinski definition) is 4. The van der Waals surface area contributed by atoms with E-state index in [4.69, 9.17) is 4.74 Å². The molecule has 0 spiro atoms. The van der Waals surface area contributed by atoms with E-state index in [9.17, 15) is 9.59 Å². The summed E-state index contributed by atoms with van der Waals surface area (Å²) in [5, 5.41) is 9.24. The van der Waals surface area contributed by atoms with Crippen molar-refractivity contribution in [3.63, 3.8) is 0 Å². The number of amides is 3. The van der Waals surface area contributed by atoms with Crippen LogP contribution in [0.1, 0.15) is 92.3 Å². The first-order valence-corrected chi connectivity index (χ1v) is 16.3. The number of carbonyl (C=O) groups is 2. The van der Waals surface area contributed by atoms with E-state index in [0.717, 1.165) is 74.3 Å². The van der Waals surface area contributed by atoms with E-state index < -0.39 is 0 Å². The maximum atomic E-state index is 13.6. The molecule has 7 nitrogen and oxygen atoms in total. The zero-order valence-corrected chi connectivity index (χ0v) is 26.7. The molecule has 2 aliphatic heterocycles. The predicted octanol–water partition coefficient (Wildman–Crippen LogP) is 7.95. The van der Waals surface area contributed by atoms with Crippen LogP contribution in [0.15, 0.2) is 66.7 Å². The molecule has 3 N–H and O–H groups in total. The zero-order valence-electron chi connectivity index (χ0n) is 26.7. The van der Waals surface area contributed by atoms with Gasteiger partial charge in [-0.2, -0.15) is 0 Å². The molecule has 0 radical (unpaired) electrons. The molecule has 5 rings (SSSR count). The van der Waals surface area contributed by atoms with Crippen molar-refractivity contribution in [1.82, 2.24) is 5.32 Å². The SMILES string of the molecule is CC(C)c1cccc(C(C)C)c1NC(=O)Nc1ccc(N2CCC(Cc3ccccc3)CC2)c(C(=O)NC[C@@H]2CCCO2)c1. The third-order valence-corrected chi connectivity index (χ3v) is 8.95. The lowest BCUT2D eigenvalue weighted by molar-refractivity contribution is 0.0858. The number of rotatable bonds is 10. The quantitative estimate of drug-likeness (QED) is 0.222. The number of nitrogens with one attached hydrogen (secondary N) is 3. The van der Waals surface area contributed by atoms with Gasteiger partial charge in [0.05, 0.1) is 11.7 Å². The van der Waals surface area contributed by atoms with Crippen molar-refractivity contribution in [3.05, 3.63) is 89.0 Å². The van der Waals surface area contributed by atoms with Gasteiger partial charge in [-0.1, -0.05) is 76.2 Å². The minimum absolute atomic E-state index is 0.0550. The first-order chi connectivity index (χ1) is 21.3. The Balaban J connectivity index is 1.32. The number of para-hydroxylation sites is 1. The Morgan fingerprint density at radius 2 is 1.57 bits per heavy atom. The van der Waals surface area contributed by atoms with Gasteiger partial charge in [-0.3, -0.25) is 4.79 Å². The summed E-state index contributed by atoms with van der Waals surface area (Å²) in [6.45, 7) is 11.5. The topological polar surface area (TPSA) is 82.7 Å². The van der Waals surface area contributed by atoms with Gasteiger partial charge < -0.3 is 25.6 Å². The summed E-state index contributed by atoms with van der Waals surface area (Å²) in [6.07, 6.45) is 5.26. The second kappa shape index (κ2) is 14.8. The molecule has 3 aromatic rings. The predicted molar refractivity (Wildman–Crippen MR) is 180 cm³/mol. The van der Waals surface area contributed by atoms with Crippen molar-refractivity contribution in [2.45, 2.75) is 77.7 Å². The van der Waals surface area contributed by atoms with Gasteiger partial charge in [-0.25, -0.2) is 4.79 Å². The number of benzene rings is 3. The average Bonchev–Trinajstić information content (AvgIpc) is 3.54. The molecule has 2 aliphatic rings. The van der Waals surface area contributed by atoms with Crippen LogP contribution < -0.4 is 20.9 Å². The van der Waals surface area contributed by atoms with Gasteiger partial charge in [0.1, 0.15) is 0 Å². The van der Waals surface area contributed by atoms with Gasteiger partial charge in [0.2, 0.25) is 0 Å². The van der Waals surface area contributed by atoms with Gasteiger partial charge in [-0.05, 0) is 84.7 Å². The van der Waals surface area contributed by atoms with Crippen LogP contribution in [0.3, 0.4) is 0 Å². The van der Waals surface area contributed by atoms with Crippen LogP contribution >= 0.6 is 0 Å². The van der Waals surface area contributed by atoms with Gasteiger partial charge >= 0.3 is 6.03 Å². The number of nitrogens with zero attached hydrogens (tertiary/aromatic N) is 1. The molecule has 2 fully saturated rings. The van der Waals surface area contributed by atoms with Crippen LogP contribution in [0.4, 0.5) is 21.9 Å². The van der Waals surface area contributed by atoms with Crippen molar-refractivity contribution in [2.24, 2.45) is 5.92 Å². The largest absolute Gasteiger partial charge is 0.376 e. The molecule has 0 saturated carbocycles. The van der Waals surface area contributed by atoms with Crippen LogP contribution in [0.5, 0.6) is 0 Å². The highest BCUT2D eigenvalue weighted by Gasteiger charge is 2.25. The second-order valence-corrected chi connectivity index (χ2v) is 12.9. The Morgan fingerprint density at radius 3 is 2.20 bits per heavy atom. The fourth-order valence-corrected chi connectivity index (χ4v) is 6.48. The van der Waals surface area contributed by atoms with Crippen LogP contribution in [0, 0.1) is 5.92 Å². The van der Waals surface area contributed by atoms with Crippen molar-refractivity contribution >= 4 is 29.0 Å². The van der Waals surface area contributed by atoms with Crippen molar-refractivity contribution in [3.8, 4) is 0 Å². The molecule has 2 saturated heterocycles. The van der Waals surface area contributed by atoms with E-state index in [1.807, 2.05) is 18.2 Å². The lowest BCUT2D eigenvalue weighted by atomic mass is 9.89. The number of carbonyl (C=O) groups excluding carboxylic acids is 2. The van der Waals surface area contributed by atoms with E-state index in [2.05, 4.69) is 97.1 Å². The van der Waals surface area contributed by atoms with Gasteiger partial charge in [0.15, 0.2) is 0 Å². The lowest BCUT2D eigenvalue weighted by Crippen LogP contribution is -2.37. The van der Waals surface area contributed by atoms with Crippen LogP contribution in [-0.4, -0.2) is 44.3 Å². The number of ether oxygens (including phenoxy) is 1. The minimum Gasteiger partial charge on any atom is -0.376 e. The first-order valence-electron chi connectivity index (χ1n) is 16.3. The summed E-state index contributed by atoms with van der Waals surface area (Å²) < 4.78 is 5.74.